The summed E-state index contributed by atoms with van der Waals surface area (Å²) in [5.74, 6) is -0.867. The van der Waals surface area contributed by atoms with Crippen LogP contribution in [0.25, 0.3) is 22.0 Å². The minimum absolute atomic E-state index is 0.000853. The standard InChI is InChI=1S/C40H40F4N8O4/c1-55-38-31(21-52-15-13-25(53)20-52)49-36(40(42,43)44)39(51-38)56-32-10-9-27-26(4-2-5-28(27)32)29-6-3-7-30(34(29)41)50-37-35-23(12-14-46-37)16-22(18-47-35)17-45-19-24-8-11-33(54)48-24/h2-7,12,14,16,18,24-25,32,45,53H,8-11,13,15,17,19-21H2,1H3,(H,46,50)(H,48,54)/t24-,25+,32+/m0/s1. The lowest BCUT2D eigenvalue weighted by Gasteiger charge is -2.21. The highest BCUT2D eigenvalue weighted by Crippen LogP contribution is 2.44. The number of alkyl halides is 3. The number of likely N-dealkylation sites (tertiary alicyclic amines) is 1. The van der Waals surface area contributed by atoms with Gasteiger partial charge < -0.3 is 30.5 Å². The van der Waals surface area contributed by atoms with Crippen molar-refractivity contribution >= 4 is 28.3 Å². The predicted octanol–water partition coefficient (Wildman–Crippen LogP) is 6.00. The third kappa shape index (κ3) is 7.81. The second-order valence-electron chi connectivity index (χ2n) is 14.3. The van der Waals surface area contributed by atoms with E-state index in [0.717, 1.165) is 22.9 Å². The summed E-state index contributed by atoms with van der Waals surface area (Å²) < 4.78 is 71.0. The van der Waals surface area contributed by atoms with Gasteiger partial charge in [0.05, 0.1) is 18.9 Å². The summed E-state index contributed by atoms with van der Waals surface area (Å²) in [4.78, 5) is 30.4. The molecule has 2 aliphatic heterocycles. The van der Waals surface area contributed by atoms with E-state index in [1.165, 1.54) is 7.11 Å². The minimum Gasteiger partial charge on any atom is -0.480 e. The number of halogens is 4. The zero-order chi connectivity index (χ0) is 39.0. The minimum atomic E-state index is -4.86. The van der Waals surface area contributed by atoms with Gasteiger partial charge in [0, 0.05) is 68.5 Å². The SMILES string of the molecule is COc1nc(O[C@@H]2CCc3c(-c4cccc(Nc5nccc6cc(CNC[C@@H]7CCC(=O)N7)cnc56)c4F)cccc32)c(C(F)(F)F)nc1CN1CC[C@@H](O)C1. The number of hydrogen-bond donors (Lipinski definition) is 4. The summed E-state index contributed by atoms with van der Waals surface area (Å²) in [5, 5.41) is 20.1. The van der Waals surface area contributed by atoms with Crippen molar-refractivity contribution in [2.45, 2.75) is 69.6 Å². The zero-order valence-corrected chi connectivity index (χ0v) is 30.5. The van der Waals surface area contributed by atoms with E-state index in [9.17, 15) is 23.1 Å². The van der Waals surface area contributed by atoms with Crippen LogP contribution in [-0.4, -0.2) is 74.7 Å². The first-order chi connectivity index (χ1) is 27.0. The number of hydrogen-bond acceptors (Lipinski definition) is 11. The van der Waals surface area contributed by atoms with Crippen LogP contribution in [0.5, 0.6) is 11.8 Å². The molecule has 1 amide bonds. The first-order valence-corrected chi connectivity index (χ1v) is 18.5. The van der Waals surface area contributed by atoms with Crippen LogP contribution in [0.15, 0.2) is 60.9 Å². The highest BCUT2D eigenvalue weighted by molar-refractivity contribution is 5.90. The second kappa shape index (κ2) is 15.6. The molecule has 8 rings (SSSR count). The molecule has 3 aromatic heterocycles. The maximum Gasteiger partial charge on any atom is 0.438 e. The number of methoxy groups -OCH3 is 1. The average molecular weight is 773 g/mol. The zero-order valence-electron chi connectivity index (χ0n) is 30.5. The summed E-state index contributed by atoms with van der Waals surface area (Å²) in [5.41, 5.74) is 2.71. The molecule has 292 valence electrons. The van der Waals surface area contributed by atoms with Crippen LogP contribution in [0.2, 0.25) is 0 Å². The molecule has 0 spiro atoms. The smallest absolute Gasteiger partial charge is 0.438 e. The Labute approximate surface area is 319 Å². The van der Waals surface area contributed by atoms with Crippen LogP contribution in [0.3, 0.4) is 0 Å². The monoisotopic (exact) mass is 772 g/mol. The number of anilines is 2. The summed E-state index contributed by atoms with van der Waals surface area (Å²) in [7, 11) is 1.31. The van der Waals surface area contributed by atoms with Gasteiger partial charge >= 0.3 is 6.18 Å². The molecule has 1 aliphatic carbocycles. The number of aliphatic hydroxyl groups excluding tert-OH is 1. The van der Waals surface area contributed by atoms with Gasteiger partial charge in [-0.05, 0) is 66.1 Å². The van der Waals surface area contributed by atoms with Crippen molar-refractivity contribution in [2.24, 2.45) is 0 Å². The first-order valence-electron chi connectivity index (χ1n) is 18.5. The molecule has 12 nitrogen and oxygen atoms in total. The van der Waals surface area contributed by atoms with E-state index in [4.69, 9.17) is 9.47 Å². The molecule has 2 fully saturated rings. The number of carbonyl (C=O) groups excluding carboxylic acids is 1. The number of β-amino-alcohol motifs (C(OH)–C–C–N with tert-alkyl or cyclic N) is 1. The summed E-state index contributed by atoms with van der Waals surface area (Å²) >= 11 is 0. The number of ether oxygens (including phenoxy) is 2. The highest BCUT2D eigenvalue weighted by Gasteiger charge is 2.41. The predicted molar refractivity (Wildman–Crippen MR) is 199 cm³/mol. The largest absolute Gasteiger partial charge is 0.480 e. The quantitative estimate of drug-likeness (QED) is 0.111. The Morgan fingerprint density at radius 1 is 1.02 bits per heavy atom. The summed E-state index contributed by atoms with van der Waals surface area (Å²) in [6.45, 7) is 2.07. The third-order valence-corrected chi connectivity index (χ3v) is 10.5. The van der Waals surface area contributed by atoms with Crippen LogP contribution in [-0.2, 0) is 30.5 Å². The van der Waals surface area contributed by atoms with Crippen molar-refractivity contribution in [3.8, 4) is 22.9 Å². The highest BCUT2D eigenvalue weighted by atomic mass is 19.4. The van der Waals surface area contributed by atoms with Gasteiger partial charge in [-0.25, -0.2) is 14.4 Å². The molecule has 3 atom stereocenters. The van der Waals surface area contributed by atoms with Gasteiger partial charge in [-0.1, -0.05) is 30.3 Å². The maximum absolute atomic E-state index is 16.4. The van der Waals surface area contributed by atoms with E-state index >= 15 is 4.39 Å². The number of pyridine rings is 2. The number of aromatic nitrogens is 4. The van der Waals surface area contributed by atoms with Crippen molar-refractivity contribution in [1.82, 2.24) is 35.5 Å². The van der Waals surface area contributed by atoms with E-state index < -0.39 is 35.8 Å². The number of fused-ring (bicyclic) bond motifs is 2. The maximum atomic E-state index is 16.4. The fourth-order valence-corrected chi connectivity index (χ4v) is 7.75. The van der Waals surface area contributed by atoms with E-state index in [2.05, 4.69) is 35.9 Å². The molecule has 0 unspecified atom stereocenters. The number of rotatable bonds is 12. The van der Waals surface area contributed by atoms with Gasteiger partial charge in [-0.15, -0.1) is 0 Å². The normalized spacial score (nSPS) is 19.7. The van der Waals surface area contributed by atoms with Crippen LogP contribution >= 0.6 is 0 Å². The Kier molecular flexibility index (Phi) is 10.4. The van der Waals surface area contributed by atoms with E-state index in [0.29, 0.717) is 79.9 Å². The number of nitrogens with one attached hydrogen (secondary N) is 3. The van der Waals surface area contributed by atoms with E-state index in [1.807, 2.05) is 12.1 Å². The molecule has 0 bridgehead atoms. The Morgan fingerprint density at radius 3 is 2.62 bits per heavy atom. The fraction of sp³-hybridized carbons (Fsp3) is 0.375. The van der Waals surface area contributed by atoms with Crippen molar-refractivity contribution in [3.63, 3.8) is 0 Å². The van der Waals surface area contributed by atoms with Gasteiger partial charge in [-0.2, -0.15) is 18.2 Å². The molecule has 2 saturated heterocycles. The lowest BCUT2D eigenvalue weighted by molar-refractivity contribution is -0.143. The number of carbonyl (C=O) groups is 1. The second-order valence-corrected chi connectivity index (χ2v) is 14.3. The molecule has 5 heterocycles. The van der Waals surface area contributed by atoms with Crippen molar-refractivity contribution in [2.75, 3.05) is 32.1 Å². The van der Waals surface area contributed by atoms with Gasteiger partial charge in [0.2, 0.25) is 23.4 Å². The van der Waals surface area contributed by atoms with Gasteiger partial charge in [0.15, 0.2) is 11.6 Å². The molecular weight excluding hydrogens is 732 g/mol. The summed E-state index contributed by atoms with van der Waals surface area (Å²) in [6.07, 6.45) is -0.229. The lowest BCUT2D eigenvalue weighted by atomic mass is 9.96. The number of nitrogens with zero attached hydrogens (tertiary/aromatic N) is 5. The molecule has 0 radical (unpaired) electrons. The Hall–Kier alpha value is -5.45. The molecule has 4 N–H and O–H groups in total. The van der Waals surface area contributed by atoms with Crippen LogP contribution in [0.1, 0.15) is 59.9 Å². The van der Waals surface area contributed by atoms with Gasteiger partial charge in [0.25, 0.3) is 0 Å². The number of aliphatic hydroxyl groups is 1. The topological polar surface area (TPSA) is 147 Å². The molecular formula is C40H40F4N8O4. The Morgan fingerprint density at radius 2 is 1.86 bits per heavy atom. The van der Waals surface area contributed by atoms with Crippen molar-refractivity contribution < 1.29 is 36.9 Å². The first kappa shape index (κ1) is 37.5. The lowest BCUT2D eigenvalue weighted by Crippen LogP contribution is -2.35. The molecule has 0 saturated carbocycles. The fourth-order valence-electron chi connectivity index (χ4n) is 7.75. The van der Waals surface area contributed by atoms with Crippen LogP contribution in [0.4, 0.5) is 29.1 Å². The van der Waals surface area contributed by atoms with Crippen LogP contribution in [0, 0.1) is 5.82 Å². The molecule has 3 aliphatic rings. The Balaban J connectivity index is 1.02. The number of amides is 1. The molecule has 2 aromatic carbocycles. The Bertz CT molecular complexity index is 2270. The summed E-state index contributed by atoms with van der Waals surface area (Å²) in [6, 6.07) is 14.2. The molecule has 5 aromatic rings. The third-order valence-electron chi connectivity index (χ3n) is 10.5. The average Bonchev–Trinajstić information content (AvgIpc) is 3.92. The number of benzene rings is 2. The van der Waals surface area contributed by atoms with E-state index in [-0.39, 0.29) is 35.8 Å². The van der Waals surface area contributed by atoms with Crippen molar-refractivity contribution in [3.05, 3.63) is 94.8 Å². The van der Waals surface area contributed by atoms with Gasteiger partial charge in [-0.3, -0.25) is 14.7 Å². The van der Waals surface area contributed by atoms with Gasteiger partial charge in [0.1, 0.15) is 17.3 Å². The molecule has 56 heavy (non-hydrogen) atoms. The van der Waals surface area contributed by atoms with E-state index in [1.54, 1.807) is 53.7 Å². The van der Waals surface area contributed by atoms with Crippen molar-refractivity contribution in [1.29, 1.82) is 0 Å². The molecule has 16 heteroatoms. The van der Waals surface area contributed by atoms with Crippen LogP contribution < -0.4 is 25.4 Å².